The van der Waals surface area contributed by atoms with Gasteiger partial charge in [-0.1, -0.05) is 29.8 Å². The number of nitrogens with zero attached hydrogens (tertiary/aromatic N) is 1. The highest BCUT2D eigenvalue weighted by Gasteiger charge is 2.53. The molecular formula is C24H35NO7S. The van der Waals surface area contributed by atoms with E-state index in [0.29, 0.717) is 5.57 Å². The molecule has 0 N–H and O–H groups in total. The number of rotatable bonds is 5. The first-order valence-electron chi connectivity index (χ1n) is 10.8. The molecule has 1 aliphatic heterocycles. The first-order valence-corrected chi connectivity index (χ1v) is 12.2. The molecule has 0 aromatic heterocycles. The maximum absolute atomic E-state index is 13.2. The molecule has 2 rings (SSSR count). The molecule has 0 bridgehead atoms. The summed E-state index contributed by atoms with van der Waals surface area (Å²) in [5.74, 6) is -1.41. The van der Waals surface area contributed by atoms with E-state index in [1.165, 1.54) is 17.0 Å². The minimum atomic E-state index is -4.25. The van der Waals surface area contributed by atoms with Gasteiger partial charge in [0.15, 0.2) is 6.04 Å². The summed E-state index contributed by atoms with van der Waals surface area (Å²) in [5.41, 5.74) is -0.226. The summed E-state index contributed by atoms with van der Waals surface area (Å²) in [7, 11) is -4.25. The van der Waals surface area contributed by atoms with Crippen molar-refractivity contribution in [3.63, 3.8) is 0 Å². The summed E-state index contributed by atoms with van der Waals surface area (Å²) in [6.45, 7) is 17.6. The highest BCUT2D eigenvalue weighted by Crippen LogP contribution is 2.35. The fourth-order valence-corrected chi connectivity index (χ4v) is 4.53. The lowest BCUT2D eigenvalue weighted by atomic mass is 9.95. The molecule has 33 heavy (non-hydrogen) atoms. The zero-order valence-electron chi connectivity index (χ0n) is 20.7. The Morgan fingerprint density at radius 2 is 1.52 bits per heavy atom. The second kappa shape index (κ2) is 9.46. The predicted molar refractivity (Wildman–Crippen MR) is 124 cm³/mol. The zero-order chi connectivity index (χ0) is 25.4. The van der Waals surface area contributed by atoms with E-state index in [1.54, 1.807) is 60.6 Å². The van der Waals surface area contributed by atoms with Gasteiger partial charge in [-0.05, 0) is 67.5 Å². The highest BCUT2D eigenvalue weighted by atomic mass is 32.2. The van der Waals surface area contributed by atoms with Crippen molar-refractivity contribution in [3.8, 4) is 0 Å². The van der Waals surface area contributed by atoms with Crippen LogP contribution in [0.15, 0.2) is 41.3 Å². The van der Waals surface area contributed by atoms with Crippen molar-refractivity contribution in [1.29, 1.82) is 0 Å². The Balaban J connectivity index is 2.51. The van der Waals surface area contributed by atoms with Crippen LogP contribution >= 0.6 is 0 Å². The van der Waals surface area contributed by atoms with Crippen LogP contribution in [0.1, 0.15) is 54.0 Å². The second-order valence-electron chi connectivity index (χ2n) is 10.4. The van der Waals surface area contributed by atoms with Crippen molar-refractivity contribution in [2.45, 2.75) is 83.6 Å². The Labute approximate surface area is 197 Å². The van der Waals surface area contributed by atoms with Crippen LogP contribution < -0.4 is 0 Å². The van der Waals surface area contributed by atoms with Crippen LogP contribution in [0, 0.1) is 12.8 Å². The van der Waals surface area contributed by atoms with Gasteiger partial charge in [0.2, 0.25) is 0 Å². The number of hydrogen-bond donors (Lipinski definition) is 0. The summed E-state index contributed by atoms with van der Waals surface area (Å²) >= 11 is 0. The van der Waals surface area contributed by atoms with Crippen LogP contribution in [-0.2, 0) is 28.6 Å². The van der Waals surface area contributed by atoms with Gasteiger partial charge >= 0.3 is 12.1 Å². The van der Waals surface area contributed by atoms with Gasteiger partial charge in [-0.2, -0.15) is 8.42 Å². The number of carbonyl (C=O) groups excluding carboxylic acids is 2. The molecule has 1 heterocycles. The average Bonchev–Trinajstić information content (AvgIpc) is 2.98. The summed E-state index contributed by atoms with van der Waals surface area (Å²) in [5, 5.41) is 0. The van der Waals surface area contributed by atoms with E-state index >= 15 is 0 Å². The maximum atomic E-state index is 13.2. The van der Waals surface area contributed by atoms with Gasteiger partial charge in [-0.15, -0.1) is 0 Å². The third kappa shape index (κ3) is 7.04. The Hall–Kier alpha value is -2.39. The van der Waals surface area contributed by atoms with Gasteiger partial charge in [0.1, 0.15) is 17.3 Å². The standard InChI is InChI=1S/C24H35NO7S/c1-15(2)18-14-25(22(27)31-24(7,8)9)19(21(26)30-23(4,5)6)20(18)32-33(28,29)17-12-10-16(3)11-13-17/h10-13,18-20H,1,14H2,2-9H3/t18-,19-,20-/m0/s1. The van der Waals surface area contributed by atoms with E-state index in [0.717, 1.165) is 5.56 Å². The molecule has 9 heteroatoms. The molecule has 0 saturated carbocycles. The Morgan fingerprint density at radius 3 is 1.97 bits per heavy atom. The molecule has 3 atom stereocenters. The molecule has 0 spiro atoms. The van der Waals surface area contributed by atoms with Crippen molar-refractivity contribution in [2.24, 2.45) is 5.92 Å². The van der Waals surface area contributed by atoms with Crippen molar-refractivity contribution in [2.75, 3.05) is 6.54 Å². The third-order valence-corrected chi connectivity index (χ3v) is 6.22. The second-order valence-corrected chi connectivity index (χ2v) is 12.0. The van der Waals surface area contributed by atoms with Crippen molar-refractivity contribution in [3.05, 3.63) is 42.0 Å². The fraction of sp³-hybridized carbons (Fsp3) is 0.583. The minimum Gasteiger partial charge on any atom is -0.458 e. The average molecular weight is 482 g/mol. The normalized spacial score (nSPS) is 21.6. The van der Waals surface area contributed by atoms with E-state index in [4.69, 9.17) is 13.7 Å². The van der Waals surface area contributed by atoms with E-state index in [9.17, 15) is 18.0 Å². The number of ether oxygens (including phenoxy) is 2. The number of benzene rings is 1. The molecule has 1 fully saturated rings. The molecule has 1 aliphatic rings. The molecule has 1 aromatic rings. The number of carbonyl (C=O) groups is 2. The number of amides is 1. The van der Waals surface area contributed by atoms with E-state index in [-0.39, 0.29) is 11.4 Å². The SMILES string of the molecule is C=C(C)[C@@H]1CN(C(=O)OC(C)(C)C)[C@H](C(=O)OC(C)(C)C)[C@H]1OS(=O)(=O)c1ccc(C)cc1. The Morgan fingerprint density at radius 1 is 1.00 bits per heavy atom. The summed E-state index contributed by atoms with van der Waals surface area (Å²) < 4.78 is 42.8. The lowest BCUT2D eigenvalue weighted by Crippen LogP contribution is -2.50. The van der Waals surface area contributed by atoms with E-state index in [1.807, 2.05) is 6.92 Å². The summed E-state index contributed by atoms with van der Waals surface area (Å²) in [6.07, 6.45) is -1.99. The van der Waals surface area contributed by atoms with Gasteiger partial charge < -0.3 is 9.47 Å². The van der Waals surface area contributed by atoms with Crippen LogP contribution in [-0.4, -0.2) is 55.3 Å². The number of likely N-dealkylation sites (tertiary alicyclic amines) is 1. The van der Waals surface area contributed by atoms with Crippen LogP contribution in [0.5, 0.6) is 0 Å². The fourth-order valence-electron chi connectivity index (χ4n) is 3.42. The van der Waals surface area contributed by atoms with Gasteiger partial charge in [0.25, 0.3) is 10.1 Å². The van der Waals surface area contributed by atoms with Gasteiger partial charge in [-0.25, -0.2) is 9.59 Å². The van der Waals surface area contributed by atoms with Crippen molar-refractivity contribution in [1.82, 2.24) is 4.90 Å². The van der Waals surface area contributed by atoms with Crippen LogP contribution in [0.25, 0.3) is 0 Å². The summed E-state index contributed by atoms with van der Waals surface area (Å²) in [6, 6.07) is 4.84. The first kappa shape index (κ1) is 26.9. The van der Waals surface area contributed by atoms with Crippen LogP contribution in [0.4, 0.5) is 4.79 Å². The Kier molecular flexibility index (Phi) is 7.70. The topological polar surface area (TPSA) is 99.2 Å². The lowest BCUT2D eigenvalue weighted by molar-refractivity contribution is -0.162. The van der Waals surface area contributed by atoms with Crippen molar-refractivity contribution >= 4 is 22.2 Å². The Bertz CT molecular complexity index is 1000. The molecule has 0 aliphatic carbocycles. The number of hydrogen-bond acceptors (Lipinski definition) is 7. The van der Waals surface area contributed by atoms with Crippen molar-refractivity contribution < 1.29 is 31.7 Å². The van der Waals surface area contributed by atoms with Crippen LogP contribution in [0.3, 0.4) is 0 Å². The molecule has 1 saturated heterocycles. The maximum Gasteiger partial charge on any atom is 0.411 e. The number of aryl methyl sites for hydroxylation is 1. The van der Waals surface area contributed by atoms with E-state index < -0.39 is 51.4 Å². The molecule has 184 valence electrons. The van der Waals surface area contributed by atoms with Gasteiger partial charge in [0.05, 0.1) is 4.90 Å². The monoisotopic (exact) mass is 481 g/mol. The van der Waals surface area contributed by atoms with Gasteiger partial charge in [-0.3, -0.25) is 9.08 Å². The molecule has 0 unspecified atom stereocenters. The zero-order valence-corrected chi connectivity index (χ0v) is 21.5. The molecule has 8 nitrogen and oxygen atoms in total. The minimum absolute atomic E-state index is 0.00222. The van der Waals surface area contributed by atoms with E-state index in [2.05, 4.69) is 6.58 Å². The largest absolute Gasteiger partial charge is 0.458 e. The first-order chi connectivity index (χ1) is 14.9. The molecule has 0 radical (unpaired) electrons. The van der Waals surface area contributed by atoms with Crippen LogP contribution in [0.2, 0.25) is 0 Å². The highest BCUT2D eigenvalue weighted by molar-refractivity contribution is 7.86. The number of esters is 1. The smallest absolute Gasteiger partial charge is 0.411 e. The lowest BCUT2D eigenvalue weighted by Gasteiger charge is -2.31. The quantitative estimate of drug-likeness (QED) is 0.353. The van der Waals surface area contributed by atoms with Gasteiger partial charge in [0, 0.05) is 12.5 Å². The third-order valence-electron chi connectivity index (χ3n) is 4.89. The summed E-state index contributed by atoms with van der Waals surface area (Å²) in [4.78, 5) is 27.3. The molecule has 1 amide bonds. The molecule has 1 aromatic carbocycles. The molecular weight excluding hydrogens is 446 g/mol. The predicted octanol–water partition coefficient (Wildman–Crippen LogP) is 4.22.